The molecule has 0 atom stereocenters. The van der Waals surface area contributed by atoms with E-state index >= 15 is 0 Å². The molecule has 1 aromatic rings. The first-order valence-corrected chi connectivity index (χ1v) is 12.2. The van der Waals surface area contributed by atoms with Crippen LogP contribution in [0, 0.1) is 0 Å². The number of esters is 3. The van der Waals surface area contributed by atoms with Crippen molar-refractivity contribution in [3.05, 3.63) is 34.9 Å². The lowest BCUT2D eigenvalue weighted by atomic mass is 9.98. The van der Waals surface area contributed by atoms with E-state index in [1.54, 1.807) is 0 Å². The van der Waals surface area contributed by atoms with Crippen LogP contribution < -0.4 is 0 Å². The molecule has 0 aliphatic heterocycles. The van der Waals surface area contributed by atoms with Crippen LogP contribution >= 0.6 is 0 Å². The van der Waals surface area contributed by atoms with Crippen LogP contribution in [0.3, 0.4) is 0 Å². The highest BCUT2D eigenvalue weighted by atomic mass is 16.6. The molecule has 33 heavy (non-hydrogen) atoms. The van der Waals surface area contributed by atoms with Crippen LogP contribution in [-0.4, -0.2) is 34.7 Å². The van der Waals surface area contributed by atoms with Crippen molar-refractivity contribution in [2.24, 2.45) is 0 Å². The molecule has 0 spiro atoms. The van der Waals surface area contributed by atoms with Gasteiger partial charge in [0.2, 0.25) is 0 Å². The van der Waals surface area contributed by atoms with Crippen molar-refractivity contribution in [1.29, 1.82) is 0 Å². The zero-order valence-corrected chi connectivity index (χ0v) is 21.9. The predicted octanol–water partition coefficient (Wildman–Crippen LogP) is 6.89. The molecule has 6 heteroatoms. The molecule has 6 nitrogen and oxygen atoms in total. The summed E-state index contributed by atoms with van der Waals surface area (Å²) in [4.78, 5) is 39.0. The van der Waals surface area contributed by atoms with E-state index in [4.69, 9.17) is 14.2 Å². The van der Waals surface area contributed by atoms with E-state index in [-0.39, 0.29) is 16.7 Å². The summed E-state index contributed by atoms with van der Waals surface area (Å²) in [6.07, 6.45) is 3.85. The highest BCUT2D eigenvalue weighted by Gasteiger charge is 2.30. The van der Waals surface area contributed by atoms with Gasteiger partial charge in [-0.2, -0.15) is 0 Å². The van der Waals surface area contributed by atoms with Gasteiger partial charge in [-0.1, -0.05) is 41.5 Å². The standard InChI is InChI=1S/C27H42O6/c1-10-25(7,11-2)31-22(28)19-16-20(23(29)32-26(8,12-3)13-4)18-21(17-19)24(30)33-27(9,14-5)15-6/h16-18H,10-15H2,1-9H3. The van der Waals surface area contributed by atoms with Gasteiger partial charge in [-0.05, 0) is 77.5 Å². The Bertz CT molecular complexity index is 707. The second kappa shape index (κ2) is 11.7. The van der Waals surface area contributed by atoms with Crippen molar-refractivity contribution < 1.29 is 28.6 Å². The fourth-order valence-corrected chi connectivity index (χ4v) is 3.01. The van der Waals surface area contributed by atoms with Crippen molar-refractivity contribution in [3.63, 3.8) is 0 Å². The first kappa shape index (κ1) is 28.7. The molecule has 0 heterocycles. The first-order valence-electron chi connectivity index (χ1n) is 12.2. The molecule has 0 bridgehead atoms. The molecule has 1 rings (SSSR count). The normalized spacial score (nSPS) is 12.3. The highest BCUT2D eigenvalue weighted by molar-refractivity contribution is 6.00. The van der Waals surface area contributed by atoms with E-state index in [1.807, 2.05) is 62.3 Å². The SMILES string of the molecule is CCC(C)(CC)OC(=O)c1cc(C(=O)OC(C)(CC)CC)cc(C(=O)OC(C)(CC)CC)c1. The molecule has 0 unspecified atom stereocenters. The number of benzene rings is 1. The Balaban J connectivity index is 3.46. The summed E-state index contributed by atoms with van der Waals surface area (Å²) in [5.74, 6) is -1.77. The lowest BCUT2D eigenvalue weighted by Crippen LogP contribution is -2.32. The minimum atomic E-state index is -0.639. The van der Waals surface area contributed by atoms with Crippen molar-refractivity contribution >= 4 is 17.9 Å². The molecule has 0 radical (unpaired) electrons. The third-order valence-electron chi connectivity index (χ3n) is 7.14. The van der Waals surface area contributed by atoms with Gasteiger partial charge in [-0.15, -0.1) is 0 Å². The third-order valence-corrected chi connectivity index (χ3v) is 7.14. The number of carbonyl (C=O) groups is 3. The molecule has 186 valence electrons. The maximum atomic E-state index is 13.0. The Kier molecular flexibility index (Phi) is 10.1. The molecule has 0 aliphatic carbocycles. The van der Waals surface area contributed by atoms with E-state index in [1.165, 1.54) is 18.2 Å². The summed E-state index contributed by atoms with van der Waals surface area (Å²) < 4.78 is 17.2. The Morgan fingerprint density at radius 3 is 0.848 bits per heavy atom. The van der Waals surface area contributed by atoms with Crippen LogP contribution in [0.5, 0.6) is 0 Å². The quantitative estimate of drug-likeness (QED) is 0.248. The number of hydrogen-bond acceptors (Lipinski definition) is 6. The largest absolute Gasteiger partial charge is 0.456 e. The zero-order chi connectivity index (χ0) is 25.4. The average Bonchev–Trinajstić information content (AvgIpc) is 2.83. The molecule has 0 amide bonds. The minimum absolute atomic E-state index is 0.119. The van der Waals surface area contributed by atoms with Crippen molar-refractivity contribution in [2.45, 2.75) is 118 Å². The maximum Gasteiger partial charge on any atom is 0.338 e. The molecule has 0 saturated heterocycles. The Morgan fingerprint density at radius 1 is 0.515 bits per heavy atom. The number of ether oxygens (including phenoxy) is 3. The van der Waals surface area contributed by atoms with E-state index in [0.29, 0.717) is 38.5 Å². The van der Waals surface area contributed by atoms with Gasteiger partial charge in [0, 0.05) is 0 Å². The Morgan fingerprint density at radius 2 is 0.697 bits per heavy atom. The maximum absolute atomic E-state index is 13.0. The molecule has 0 fully saturated rings. The van der Waals surface area contributed by atoms with Crippen molar-refractivity contribution in [1.82, 2.24) is 0 Å². The van der Waals surface area contributed by atoms with Crippen LogP contribution in [0.15, 0.2) is 18.2 Å². The van der Waals surface area contributed by atoms with E-state index in [9.17, 15) is 14.4 Å². The summed E-state index contributed by atoms with van der Waals surface area (Å²) in [6, 6.07) is 4.29. The molecule has 0 saturated carbocycles. The smallest absolute Gasteiger partial charge is 0.338 e. The summed E-state index contributed by atoms with van der Waals surface area (Å²) in [5, 5.41) is 0. The second-order valence-corrected chi connectivity index (χ2v) is 9.44. The van der Waals surface area contributed by atoms with Gasteiger partial charge in [0.1, 0.15) is 16.8 Å². The number of carbonyl (C=O) groups excluding carboxylic acids is 3. The highest BCUT2D eigenvalue weighted by Crippen LogP contribution is 2.26. The summed E-state index contributed by atoms with van der Waals surface area (Å²) in [5.41, 5.74) is -1.56. The summed E-state index contributed by atoms with van der Waals surface area (Å²) in [7, 11) is 0. The molecule has 0 N–H and O–H groups in total. The fourth-order valence-electron chi connectivity index (χ4n) is 3.01. The van der Waals surface area contributed by atoms with Gasteiger partial charge >= 0.3 is 17.9 Å². The van der Waals surface area contributed by atoms with Crippen LogP contribution in [0.1, 0.15) is 132 Å². The van der Waals surface area contributed by atoms with Gasteiger partial charge in [0.25, 0.3) is 0 Å². The topological polar surface area (TPSA) is 78.9 Å². The Hall–Kier alpha value is -2.37. The van der Waals surface area contributed by atoms with Crippen molar-refractivity contribution in [2.75, 3.05) is 0 Å². The first-order chi connectivity index (χ1) is 15.3. The molecule has 0 aromatic heterocycles. The minimum Gasteiger partial charge on any atom is -0.456 e. The van der Waals surface area contributed by atoms with Gasteiger partial charge in [-0.3, -0.25) is 0 Å². The monoisotopic (exact) mass is 462 g/mol. The van der Waals surface area contributed by atoms with Gasteiger partial charge in [0.05, 0.1) is 16.7 Å². The van der Waals surface area contributed by atoms with Crippen LogP contribution in [-0.2, 0) is 14.2 Å². The van der Waals surface area contributed by atoms with Gasteiger partial charge < -0.3 is 14.2 Å². The second-order valence-electron chi connectivity index (χ2n) is 9.44. The Labute approximate surface area is 199 Å². The average molecular weight is 463 g/mol. The third kappa shape index (κ3) is 7.58. The lowest BCUT2D eigenvalue weighted by molar-refractivity contribution is -0.0131. The van der Waals surface area contributed by atoms with Crippen LogP contribution in [0.2, 0.25) is 0 Å². The molecule has 1 aromatic carbocycles. The van der Waals surface area contributed by atoms with E-state index < -0.39 is 34.7 Å². The fraction of sp³-hybridized carbons (Fsp3) is 0.667. The van der Waals surface area contributed by atoms with Crippen LogP contribution in [0.25, 0.3) is 0 Å². The summed E-state index contributed by atoms with van der Waals surface area (Å²) in [6.45, 7) is 17.3. The van der Waals surface area contributed by atoms with Gasteiger partial charge in [0.15, 0.2) is 0 Å². The predicted molar refractivity (Wildman–Crippen MR) is 130 cm³/mol. The van der Waals surface area contributed by atoms with Crippen LogP contribution in [0.4, 0.5) is 0 Å². The lowest BCUT2D eigenvalue weighted by Gasteiger charge is -2.28. The van der Waals surface area contributed by atoms with E-state index in [2.05, 4.69) is 0 Å². The van der Waals surface area contributed by atoms with Crippen molar-refractivity contribution in [3.8, 4) is 0 Å². The zero-order valence-electron chi connectivity index (χ0n) is 21.9. The molecular formula is C27H42O6. The molecular weight excluding hydrogens is 420 g/mol. The number of hydrogen-bond donors (Lipinski definition) is 0. The van der Waals surface area contributed by atoms with E-state index in [0.717, 1.165) is 0 Å². The number of rotatable bonds is 12. The van der Waals surface area contributed by atoms with Gasteiger partial charge in [-0.25, -0.2) is 14.4 Å². The summed E-state index contributed by atoms with van der Waals surface area (Å²) >= 11 is 0. The molecule has 0 aliphatic rings.